The van der Waals surface area contributed by atoms with Crippen LogP contribution in [0.1, 0.15) is 28.2 Å². The molecule has 1 N–H and O–H groups in total. The first-order valence-corrected chi connectivity index (χ1v) is 12.9. The molecule has 0 bridgehead atoms. The molecule has 0 radical (unpaired) electrons. The number of aromatic amines is 1. The smallest absolute Gasteiger partial charge is 0.260 e. The molecule has 0 saturated carbocycles. The minimum Gasteiger partial charge on any atom is -0.308 e. The van der Waals surface area contributed by atoms with E-state index in [0.717, 1.165) is 46.2 Å². The molecular formula is C22H21N5OS3. The molecule has 1 aliphatic carbocycles. The van der Waals surface area contributed by atoms with E-state index >= 15 is 0 Å². The molecule has 6 nitrogen and oxygen atoms in total. The van der Waals surface area contributed by atoms with Crippen LogP contribution in [0.15, 0.2) is 51.5 Å². The number of H-pyrrole nitrogens is 1. The van der Waals surface area contributed by atoms with E-state index in [1.807, 2.05) is 29.8 Å². The summed E-state index contributed by atoms with van der Waals surface area (Å²) in [5, 5.41) is 10.9. The monoisotopic (exact) mass is 467 g/mol. The van der Waals surface area contributed by atoms with Crippen molar-refractivity contribution in [3.05, 3.63) is 68.6 Å². The lowest BCUT2D eigenvalue weighted by Gasteiger charge is -2.03. The molecule has 0 fully saturated rings. The van der Waals surface area contributed by atoms with E-state index in [4.69, 9.17) is 4.98 Å². The van der Waals surface area contributed by atoms with E-state index in [0.29, 0.717) is 10.9 Å². The average Bonchev–Trinajstić information content (AvgIpc) is 3.45. The highest BCUT2D eigenvalue weighted by molar-refractivity contribution is 7.99. The number of hydrogen-bond donors (Lipinski definition) is 1. The number of thioether (sulfide) groups is 2. The Kier molecular flexibility index (Phi) is 5.97. The third kappa shape index (κ3) is 4.35. The van der Waals surface area contributed by atoms with Crippen molar-refractivity contribution >= 4 is 51.2 Å². The number of thiophene rings is 1. The Morgan fingerprint density at radius 3 is 2.94 bits per heavy atom. The van der Waals surface area contributed by atoms with E-state index in [1.165, 1.54) is 27.8 Å². The third-order valence-corrected chi connectivity index (χ3v) is 8.26. The standard InChI is InChI=1S/C22H21N5OS3/c1-27-17(25-26-22(27)29-12-6-9-14-7-3-2-4-8-14)13-30-21-23-19(28)18-15-10-5-11-16(15)31-20(18)24-21/h2-4,6-9H,5,10-13H2,1H3,(H,23,24,28). The molecule has 0 spiro atoms. The zero-order valence-corrected chi connectivity index (χ0v) is 19.4. The lowest BCUT2D eigenvalue weighted by molar-refractivity contribution is 0.762. The predicted molar refractivity (Wildman–Crippen MR) is 129 cm³/mol. The number of nitrogens with zero attached hydrogens (tertiary/aromatic N) is 4. The van der Waals surface area contributed by atoms with Crippen molar-refractivity contribution < 1.29 is 0 Å². The van der Waals surface area contributed by atoms with Crippen molar-refractivity contribution in [3.8, 4) is 0 Å². The van der Waals surface area contributed by atoms with Crippen LogP contribution >= 0.6 is 34.9 Å². The average molecular weight is 468 g/mol. The van der Waals surface area contributed by atoms with Crippen LogP contribution in [0.5, 0.6) is 0 Å². The molecule has 158 valence electrons. The van der Waals surface area contributed by atoms with Gasteiger partial charge in [0.15, 0.2) is 10.3 Å². The van der Waals surface area contributed by atoms with E-state index in [2.05, 4.69) is 39.5 Å². The maximum atomic E-state index is 12.6. The van der Waals surface area contributed by atoms with Crippen molar-refractivity contribution in [2.45, 2.75) is 35.3 Å². The first kappa shape index (κ1) is 20.5. The summed E-state index contributed by atoms with van der Waals surface area (Å²) >= 11 is 4.80. The Morgan fingerprint density at radius 2 is 2.06 bits per heavy atom. The Labute approximate surface area is 192 Å². The zero-order chi connectivity index (χ0) is 21.2. The second-order valence-electron chi connectivity index (χ2n) is 7.28. The molecule has 3 heterocycles. The number of benzene rings is 1. The maximum Gasteiger partial charge on any atom is 0.260 e. The summed E-state index contributed by atoms with van der Waals surface area (Å²) in [6.07, 6.45) is 7.44. The number of hydrogen-bond acceptors (Lipinski definition) is 7. The molecule has 0 unspecified atom stereocenters. The summed E-state index contributed by atoms with van der Waals surface area (Å²) in [6.45, 7) is 0. The van der Waals surface area contributed by atoms with E-state index < -0.39 is 0 Å². The number of aryl methyl sites for hydroxylation is 2. The fraction of sp³-hybridized carbons (Fsp3) is 0.273. The number of aromatic nitrogens is 5. The van der Waals surface area contributed by atoms with Crippen LogP contribution in [0.4, 0.5) is 0 Å². The molecule has 0 aliphatic heterocycles. The van der Waals surface area contributed by atoms with Gasteiger partial charge in [-0.25, -0.2) is 4.98 Å². The van der Waals surface area contributed by atoms with E-state index in [1.54, 1.807) is 23.1 Å². The molecular weight excluding hydrogens is 446 g/mol. The van der Waals surface area contributed by atoms with Crippen molar-refractivity contribution in [2.24, 2.45) is 7.05 Å². The Hall–Kier alpha value is -2.36. The SMILES string of the molecule is Cn1c(CSc2nc3sc4c(c3c(=O)[nH]2)CCC4)nnc1SCC=Cc1ccccc1. The van der Waals surface area contributed by atoms with Gasteiger partial charge in [0.1, 0.15) is 10.7 Å². The van der Waals surface area contributed by atoms with Gasteiger partial charge >= 0.3 is 0 Å². The van der Waals surface area contributed by atoms with Gasteiger partial charge in [-0.3, -0.25) is 4.79 Å². The molecule has 5 rings (SSSR count). The summed E-state index contributed by atoms with van der Waals surface area (Å²) < 4.78 is 2.00. The van der Waals surface area contributed by atoms with Gasteiger partial charge in [-0.2, -0.15) is 0 Å². The summed E-state index contributed by atoms with van der Waals surface area (Å²) in [5.74, 6) is 2.28. The minimum atomic E-state index is -0.0219. The molecule has 1 aliphatic rings. The van der Waals surface area contributed by atoms with Gasteiger partial charge in [0.2, 0.25) is 0 Å². The van der Waals surface area contributed by atoms with Crippen LogP contribution in [-0.4, -0.2) is 30.5 Å². The van der Waals surface area contributed by atoms with Gasteiger partial charge in [0.05, 0.1) is 11.1 Å². The highest BCUT2D eigenvalue weighted by Crippen LogP contribution is 2.35. The lowest BCUT2D eigenvalue weighted by atomic mass is 10.2. The summed E-state index contributed by atoms with van der Waals surface area (Å²) in [7, 11) is 1.97. The van der Waals surface area contributed by atoms with Crippen LogP contribution in [0.2, 0.25) is 0 Å². The molecule has 4 aromatic rings. The summed E-state index contributed by atoms with van der Waals surface area (Å²) in [6, 6.07) is 10.2. The Balaban J connectivity index is 1.23. The fourth-order valence-electron chi connectivity index (χ4n) is 3.65. The largest absolute Gasteiger partial charge is 0.308 e. The van der Waals surface area contributed by atoms with Crippen molar-refractivity contribution in [2.75, 3.05) is 5.75 Å². The van der Waals surface area contributed by atoms with Crippen LogP contribution in [-0.2, 0) is 25.6 Å². The highest BCUT2D eigenvalue weighted by Gasteiger charge is 2.21. The second-order valence-corrected chi connectivity index (χ2v) is 10.3. The van der Waals surface area contributed by atoms with Crippen molar-refractivity contribution in [3.63, 3.8) is 0 Å². The normalized spacial score (nSPS) is 13.5. The van der Waals surface area contributed by atoms with Crippen LogP contribution in [0, 0.1) is 0 Å². The molecule has 1 aromatic carbocycles. The highest BCUT2D eigenvalue weighted by atomic mass is 32.2. The van der Waals surface area contributed by atoms with Crippen LogP contribution in [0.3, 0.4) is 0 Å². The fourth-order valence-corrected chi connectivity index (χ4v) is 6.55. The number of nitrogens with one attached hydrogen (secondary N) is 1. The Morgan fingerprint density at radius 1 is 1.19 bits per heavy atom. The summed E-state index contributed by atoms with van der Waals surface area (Å²) in [5.41, 5.74) is 2.38. The van der Waals surface area contributed by atoms with Crippen molar-refractivity contribution in [1.29, 1.82) is 0 Å². The van der Waals surface area contributed by atoms with Crippen LogP contribution in [0.25, 0.3) is 16.3 Å². The molecule has 3 aromatic heterocycles. The van der Waals surface area contributed by atoms with E-state index in [9.17, 15) is 4.79 Å². The second kappa shape index (κ2) is 9.02. The molecule has 0 atom stereocenters. The number of fused-ring (bicyclic) bond motifs is 3. The van der Waals surface area contributed by atoms with Crippen LogP contribution < -0.4 is 5.56 Å². The van der Waals surface area contributed by atoms with Gasteiger partial charge in [0.25, 0.3) is 5.56 Å². The number of rotatable bonds is 7. The summed E-state index contributed by atoms with van der Waals surface area (Å²) in [4.78, 5) is 22.4. The lowest BCUT2D eigenvalue weighted by Crippen LogP contribution is -2.09. The third-order valence-electron chi connectivity index (χ3n) is 5.23. The first-order chi connectivity index (χ1) is 15.2. The predicted octanol–water partition coefficient (Wildman–Crippen LogP) is 4.70. The van der Waals surface area contributed by atoms with E-state index in [-0.39, 0.29) is 5.56 Å². The van der Waals surface area contributed by atoms with Crippen molar-refractivity contribution in [1.82, 2.24) is 24.7 Å². The van der Waals surface area contributed by atoms with Gasteiger partial charge in [-0.05, 0) is 30.4 Å². The quantitative estimate of drug-likeness (QED) is 0.314. The zero-order valence-electron chi connectivity index (χ0n) is 17.0. The minimum absolute atomic E-state index is 0.0219. The van der Waals surface area contributed by atoms with Gasteiger partial charge in [0, 0.05) is 17.7 Å². The molecule has 31 heavy (non-hydrogen) atoms. The van der Waals surface area contributed by atoms with Gasteiger partial charge < -0.3 is 9.55 Å². The van der Waals surface area contributed by atoms with Gasteiger partial charge in [-0.15, -0.1) is 21.5 Å². The first-order valence-electron chi connectivity index (χ1n) is 10.1. The Bertz CT molecular complexity index is 1310. The molecule has 0 saturated heterocycles. The molecule has 9 heteroatoms. The molecule has 0 amide bonds. The topological polar surface area (TPSA) is 76.5 Å². The van der Waals surface area contributed by atoms with Gasteiger partial charge in [-0.1, -0.05) is 66.0 Å². The maximum absolute atomic E-state index is 12.6.